The van der Waals surface area contributed by atoms with E-state index in [9.17, 15) is 4.79 Å². The minimum atomic E-state index is -0.255. The van der Waals surface area contributed by atoms with Crippen LogP contribution in [0.1, 0.15) is 10.4 Å². The van der Waals surface area contributed by atoms with Crippen LogP contribution < -0.4 is 14.8 Å². The molecule has 0 radical (unpaired) electrons. The summed E-state index contributed by atoms with van der Waals surface area (Å²) in [5, 5.41) is 2.85. The van der Waals surface area contributed by atoms with Crippen LogP contribution in [0.5, 0.6) is 11.5 Å². The number of nitrogens with one attached hydrogen (secondary N) is 1. The van der Waals surface area contributed by atoms with Gasteiger partial charge in [-0.15, -0.1) is 0 Å². The summed E-state index contributed by atoms with van der Waals surface area (Å²) in [5.74, 6) is 0.813. The van der Waals surface area contributed by atoms with E-state index in [0.29, 0.717) is 22.7 Å². The fourth-order valence-electron chi connectivity index (χ4n) is 2.07. The Morgan fingerprint density at radius 1 is 1.09 bits per heavy atom. The van der Waals surface area contributed by atoms with Gasteiger partial charge in [-0.05, 0) is 46.3 Å². The Bertz CT molecular complexity index is 882. The van der Waals surface area contributed by atoms with E-state index in [-0.39, 0.29) is 5.91 Å². The van der Waals surface area contributed by atoms with Gasteiger partial charge >= 0.3 is 0 Å². The summed E-state index contributed by atoms with van der Waals surface area (Å²) in [6, 6.07) is 8.60. The van der Waals surface area contributed by atoms with Gasteiger partial charge in [-0.2, -0.15) is 8.75 Å². The molecule has 0 bridgehead atoms. The van der Waals surface area contributed by atoms with Crippen molar-refractivity contribution in [3.8, 4) is 11.5 Å². The molecular weight excluding hydrogens is 382 g/mol. The molecule has 0 aliphatic carbocycles. The number of nitrogens with zero attached hydrogens (tertiary/aromatic N) is 2. The summed E-state index contributed by atoms with van der Waals surface area (Å²) < 4.78 is 19.5. The van der Waals surface area contributed by atoms with Gasteiger partial charge in [-0.25, -0.2) is 0 Å². The van der Waals surface area contributed by atoms with Gasteiger partial charge in [0.15, 0.2) is 11.5 Å². The zero-order valence-electron chi connectivity index (χ0n) is 12.3. The second kappa shape index (κ2) is 6.51. The van der Waals surface area contributed by atoms with Crippen LogP contribution in [0.2, 0.25) is 0 Å². The van der Waals surface area contributed by atoms with Crippen molar-refractivity contribution in [1.29, 1.82) is 0 Å². The quantitative estimate of drug-likeness (QED) is 0.730. The first-order valence-electron chi connectivity index (χ1n) is 6.57. The lowest BCUT2D eigenvalue weighted by molar-refractivity contribution is 0.102. The minimum Gasteiger partial charge on any atom is -0.493 e. The van der Waals surface area contributed by atoms with Gasteiger partial charge < -0.3 is 14.8 Å². The second-order valence-electron chi connectivity index (χ2n) is 4.61. The zero-order chi connectivity index (χ0) is 16.4. The summed E-state index contributed by atoms with van der Waals surface area (Å²) >= 11 is 4.56. The molecule has 0 saturated heterocycles. The minimum absolute atomic E-state index is 0.255. The maximum atomic E-state index is 12.4. The van der Waals surface area contributed by atoms with Crippen LogP contribution >= 0.6 is 27.7 Å². The topological polar surface area (TPSA) is 73.3 Å². The number of anilines is 1. The van der Waals surface area contributed by atoms with Crippen LogP contribution in [0, 0.1) is 0 Å². The molecule has 3 aromatic rings. The van der Waals surface area contributed by atoms with Gasteiger partial charge in [0.25, 0.3) is 5.91 Å². The van der Waals surface area contributed by atoms with E-state index in [2.05, 4.69) is 30.0 Å². The van der Waals surface area contributed by atoms with Crippen molar-refractivity contribution in [3.05, 3.63) is 40.4 Å². The molecule has 23 heavy (non-hydrogen) atoms. The van der Waals surface area contributed by atoms with Crippen molar-refractivity contribution in [2.24, 2.45) is 0 Å². The Morgan fingerprint density at radius 3 is 2.48 bits per heavy atom. The maximum absolute atomic E-state index is 12.4. The smallest absolute Gasteiger partial charge is 0.255 e. The van der Waals surface area contributed by atoms with E-state index < -0.39 is 0 Å². The highest BCUT2D eigenvalue weighted by atomic mass is 79.9. The van der Waals surface area contributed by atoms with Gasteiger partial charge in [0.05, 0.1) is 31.6 Å². The zero-order valence-corrected chi connectivity index (χ0v) is 14.7. The number of hydrogen-bond acceptors (Lipinski definition) is 6. The average Bonchev–Trinajstić information content (AvgIpc) is 3.01. The lowest BCUT2D eigenvalue weighted by Crippen LogP contribution is -2.12. The summed E-state index contributed by atoms with van der Waals surface area (Å²) in [4.78, 5) is 12.4. The van der Waals surface area contributed by atoms with Crippen molar-refractivity contribution >= 4 is 50.3 Å². The highest BCUT2D eigenvalue weighted by Gasteiger charge is 2.13. The van der Waals surface area contributed by atoms with Crippen LogP contribution in [0.4, 0.5) is 5.69 Å². The van der Waals surface area contributed by atoms with Gasteiger partial charge in [-0.1, -0.05) is 0 Å². The number of benzene rings is 2. The van der Waals surface area contributed by atoms with E-state index in [1.165, 1.54) is 7.11 Å². The standard InChI is InChI=1S/C15H12BrN3O3S/c1-21-13-4-3-8(5-14(13)22-2)15(20)17-10-7-12-11(6-9(10)16)18-23-19-12/h3-7H,1-2H3,(H,17,20). The maximum Gasteiger partial charge on any atom is 0.255 e. The first-order valence-corrected chi connectivity index (χ1v) is 8.10. The first kappa shape index (κ1) is 15.7. The summed E-state index contributed by atoms with van der Waals surface area (Å²) in [7, 11) is 3.07. The number of methoxy groups -OCH3 is 2. The van der Waals surface area contributed by atoms with Crippen LogP contribution in [-0.2, 0) is 0 Å². The molecule has 0 atom stereocenters. The molecule has 1 N–H and O–H groups in total. The number of amides is 1. The molecule has 0 spiro atoms. The van der Waals surface area contributed by atoms with Crippen molar-refractivity contribution in [2.45, 2.75) is 0 Å². The SMILES string of the molecule is COc1ccc(C(=O)Nc2cc3nsnc3cc2Br)cc1OC. The third kappa shape index (κ3) is 3.13. The Morgan fingerprint density at radius 2 is 1.78 bits per heavy atom. The molecule has 3 rings (SSSR count). The number of rotatable bonds is 4. The average molecular weight is 394 g/mol. The lowest BCUT2D eigenvalue weighted by atomic mass is 10.1. The predicted molar refractivity (Wildman–Crippen MR) is 92.6 cm³/mol. The van der Waals surface area contributed by atoms with Crippen LogP contribution in [0.3, 0.4) is 0 Å². The highest BCUT2D eigenvalue weighted by molar-refractivity contribution is 9.10. The summed E-state index contributed by atoms with van der Waals surface area (Å²) in [6.07, 6.45) is 0. The van der Waals surface area contributed by atoms with E-state index in [0.717, 1.165) is 27.2 Å². The Labute approximate surface area is 144 Å². The second-order valence-corrected chi connectivity index (χ2v) is 5.99. The molecular formula is C15H12BrN3O3S. The first-order chi connectivity index (χ1) is 11.1. The third-order valence-electron chi connectivity index (χ3n) is 3.24. The number of fused-ring (bicyclic) bond motifs is 1. The number of carbonyl (C=O) groups excluding carboxylic acids is 1. The lowest BCUT2D eigenvalue weighted by Gasteiger charge is -2.11. The summed E-state index contributed by atoms with van der Waals surface area (Å²) in [6.45, 7) is 0. The molecule has 6 nitrogen and oxygen atoms in total. The Balaban J connectivity index is 1.89. The van der Waals surface area contributed by atoms with Crippen LogP contribution in [-0.4, -0.2) is 28.9 Å². The van der Waals surface area contributed by atoms with E-state index >= 15 is 0 Å². The summed E-state index contributed by atoms with van der Waals surface area (Å²) in [5.41, 5.74) is 2.61. The van der Waals surface area contributed by atoms with E-state index in [1.54, 1.807) is 31.4 Å². The molecule has 2 aromatic carbocycles. The molecule has 8 heteroatoms. The monoisotopic (exact) mass is 393 g/mol. The normalized spacial score (nSPS) is 10.6. The van der Waals surface area contributed by atoms with Gasteiger partial charge in [-0.3, -0.25) is 4.79 Å². The van der Waals surface area contributed by atoms with Crippen LogP contribution in [0.15, 0.2) is 34.8 Å². The molecule has 0 aliphatic rings. The molecule has 0 unspecified atom stereocenters. The van der Waals surface area contributed by atoms with Crippen molar-refractivity contribution in [3.63, 3.8) is 0 Å². The van der Waals surface area contributed by atoms with Gasteiger partial charge in [0, 0.05) is 10.0 Å². The van der Waals surface area contributed by atoms with Crippen molar-refractivity contribution in [1.82, 2.24) is 8.75 Å². The predicted octanol–water partition coefficient (Wildman–Crippen LogP) is 3.72. The molecule has 118 valence electrons. The molecule has 1 aromatic heterocycles. The molecule has 0 saturated carbocycles. The van der Waals surface area contributed by atoms with Crippen molar-refractivity contribution in [2.75, 3.05) is 19.5 Å². The van der Waals surface area contributed by atoms with E-state index in [4.69, 9.17) is 9.47 Å². The largest absolute Gasteiger partial charge is 0.493 e. The Hall–Kier alpha value is -2.19. The highest BCUT2D eigenvalue weighted by Crippen LogP contribution is 2.30. The molecule has 1 amide bonds. The number of carbonyl (C=O) groups is 1. The number of ether oxygens (including phenoxy) is 2. The van der Waals surface area contributed by atoms with Crippen molar-refractivity contribution < 1.29 is 14.3 Å². The number of hydrogen-bond donors (Lipinski definition) is 1. The molecule has 1 heterocycles. The van der Waals surface area contributed by atoms with E-state index in [1.807, 2.05) is 6.07 Å². The fraction of sp³-hybridized carbons (Fsp3) is 0.133. The number of aromatic nitrogens is 2. The third-order valence-corrected chi connectivity index (χ3v) is 4.45. The van der Waals surface area contributed by atoms with Gasteiger partial charge in [0.2, 0.25) is 0 Å². The Kier molecular flexibility index (Phi) is 4.44. The fourth-order valence-corrected chi connectivity index (χ4v) is 3.01. The van der Waals surface area contributed by atoms with Crippen LogP contribution in [0.25, 0.3) is 11.0 Å². The number of halogens is 1. The molecule has 0 fully saturated rings. The van der Waals surface area contributed by atoms with Gasteiger partial charge in [0.1, 0.15) is 11.0 Å². The molecule has 0 aliphatic heterocycles.